The molecule has 156 valence electrons. The maximum absolute atomic E-state index is 12.2. The van der Waals surface area contributed by atoms with Gasteiger partial charge in [0.1, 0.15) is 0 Å². The second-order valence-electron chi connectivity index (χ2n) is 10.7. The molecule has 0 heterocycles. The topological polar surface area (TPSA) is 37.3 Å². The Morgan fingerprint density at radius 1 is 0.889 bits per heavy atom. The van der Waals surface area contributed by atoms with Crippen LogP contribution in [-0.4, -0.2) is 11.1 Å². The molecule has 0 aromatic rings. The summed E-state index contributed by atoms with van der Waals surface area (Å²) in [7, 11) is 0. The second kappa shape index (κ2) is 9.31. The number of carboxylic acids is 1. The molecular formula is C25H44O2. The molecule has 1 N–H and O–H groups in total. The number of rotatable bonds is 8. The monoisotopic (exact) mass is 376 g/mol. The van der Waals surface area contributed by atoms with Crippen LogP contribution in [-0.2, 0) is 4.79 Å². The highest BCUT2D eigenvalue weighted by Crippen LogP contribution is 2.54. The van der Waals surface area contributed by atoms with Gasteiger partial charge in [0.2, 0.25) is 0 Å². The molecular weight excluding hydrogens is 332 g/mol. The van der Waals surface area contributed by atoms with E-state index in [4.69, 9.17) is 0 Å². The van der Waals surface area contributed by atoms with Gasteiger partial charge < -0.3 is 5.11 Å². The van der Waals surface area contributed by atoms with Gasteiger partial charge in [-0.3, -0.25) is 4.79 Å². The van der Waals surface area contributed by atoms with Gasteiger partial charge in [0.15, 0.2) is 0 Å². The number of hydrogen-bond acceptors (Lipinski definition) is 1. The third-order valence-electron chi connectivity index (χ3n) is 9.08. The van der Waals surface area contributed by atoms with Crippen LogP contribution in [0.1, 0.15) is 111 Å². The Hall–Kier alpha value is -0.530. The molecule has 0 saturated heterocycles. The van der Waals surface area contributed by atoms with Crippen molar-refractivity contribution in [2.24, 2.45) is 40.9 Å². The molecule has 1 unspecified atom stereocenters. The summed E-state index contributed by atoms with van der Waals surface area (Å²) in [5, 5.41) is 10.0. The summed E-state index contributed by atoms with van der Waals surface area (Å²) in [6, 6.07) is 0. The molecule has 0 radical (unpaired) electrons. The Kier molecular flexibility index (Phi) is 7.31. The molecule has 3 fully saturated rings. The lowest BCUT2D eigenvalue weighted by Gasteiger charge is -2.50. The largest absolute Gasteiger partial charge is 0.481 e. The quantitative estimate of drug-likeness (QED) is 0.451. The fourth-order valence-electron chi connectivity index (χ4n) is 6.90. The summed E-state index contributed by atoms with van der Waals surface area (Å²) in [6.07, 6.45) is 18.6. The number of carboxylic acid groups (broad SMARTS) is 1. The predicted molar refractivity (Wildman–Crippen MR) is 113 cm³/mol. The van der Waals surface area contributed by atoms with Crippen molar-refractivity contribution < 1.29 is 9.90 Å². The highest BCUT2D eigenvalue weighted by Gasteiger charge is 2.52. The third kappa shape index (κ3) is 4.73. The lowest BCUT2D eigenvalue weighted by Crippen LogP contribution is -2.48. The Morgan fingerprint density at radius 3 is 1.93 bits per heavy atom. The molecule has 2 nitrogen and oxygen atoms in total. The molecule has 0 aromatic carbocycles. The fourth-order valence-corrected chi connectivity index (χ4v) is 6.90. The van der Waals surface area contributed by atoms with Crippen LogP contribution in [0.4, 0.5) is 0 Å². The molecule has 0 amide bonds. The molecule has 1 atom stereocenters. The van der Waals surface area contributed by atoms with E-state index >= 15 is 0 Å². The summed E-state index contributed by atoms with van der Waals surface area (Å²) >= 11 is 0. The average Bonchev–Trinajstić information content (AvgIpc) is 2.66. The number of carbonyl (C=O) groups is 1. The average molecular weight is 377 g/mol. The zero-order chi connectivity index (χ0) is 19.4. The van der Waals surface area contributed by atoms with Crippen molar-refractivity contribution in [2.45, 2.75) is 111 Å². The predicted octanol–water partition coefficient (Wildman–Crippen LogP) is 7.32. The van der Waals surface area contributed by atoms with E-state index < -0.39 is 11.4 Å². The maximum atomic E-state index is 12.2. The molecule has 27 heavy (non-hydrogen) atoms. The molecule has 0 aromatic heterocycles. The summed E-state index contributed by atoms with van der Waals surface area (Å²) in [4.78, 5) is 12.2. The van der Waals surface area contributed by atoms with Crippen LogP contribution < -0.4 is 0 Å². The number of aliphatic carboxylic acids is 1. The van der Waals surface area contributed by atoms with Crippen LogP contribution >= 0.6 is 0 Å². The highest BCUT2D eigenvalue weighted by atomic mass is 16.4. The van der Waals surface area contributed by atoms with Crippen molar-refractivity contribution in [3.63, 3.8) is 0 Å². The molecule has 0 spiro atoms. The first kappa shape index (κ1) is 21.2. The van der Waals surface area contributed by atoms with Gasteiger partial charge in [0.05, 0.1) is 5.41 Å². The lowest BCUT2D eigenvalue weighted by molar-refractivity contribution is -0.162. The summed E-state index contributed by atoms with van der Waals surface area (Å²) in [6.45, 7) is 6.65. The summed E-state index contributed by atoms with van der Waals surface area (Å²) < 4.78 is 0. The van der Waals surface area contributed by atoms with Gasteiger partial charge in [-0.15, -0.1) is 0 Å². The van der Waals surface area contributed by atoms with Crippen molar-refractivity contribution in [3.05, 3.63) is 0 Å². The van der Waals surface area contributed by atoms with E-state index in [1.165, 1.54) is 64.2 Å². The van der Waals surface area contributed by atoms with Crippen LogP contribution in [0.15, 0.2) is 0 Å². The lowest BCUT2D eigenvalue weighted by atomic mass is 9.54. The van der Waals surface area contributed by atoms with E-state index in [9.17, 15) is 9.90 Å². The second-order valence-corrected chi connectivity index (χ2v) is 10.7. The van der Waals surface area contributed by atoms with E-state index in [1.54, 1.807) is 0 Å². The van der Waals surface area contributed by atoms with Crippen molar-refractivity contribution in [1.82, 2.24) is 0 Å². The van der Waals surface area contributed by atoms with Crippen LogP contribution in [0.25, 0.3) is 0 Å². The van der Waals surface area contributed by atoms with Crippen LogP contribution in [0.2, 0.25) is 0 Å². The molecule has 0 aliphatic heterocycles. The SMILES string of the molecule is CCCCCC1CCC(C2CCC(C(C)(C(=O)O)C3CC(C)C3)CC2)CC1. The molecule has 3 saturated carbocycles. The van der Waals surface area contributed by atoms with E-state index in [0.717, 1.165) is 49.4 Å². The highest BCUT2D eigenvalue weighted by molar-refractivity contribution is 5.75. The fraction of sp³-hybridized carbons (Fsp3) is 0.960. The Bertz CT molecular complexity index is 465. The molecule has 3 aliphatic rings. The minimum Gasteiger partial charge on any atom is -0.481 e. The summed E-state index contributed by atoms with van der Waals surface area (Å²) in [5.41, 5.74) is -0.464. The number of unbranched alkanes of at least 4 members (excludes halogenated alkanes) is 2. The summed E-state index contributed by atoms with van der Waals surface area (Å²) in [5.74, 6) is 3.87. The van der Waals surface area contributed by atoms with E-state index in [-0.39, 0.29) is 0 Å². The number of hydrogen-bond donors (Lipinski definition) is 1. The van der Waals surface area contributed by atoms with Crippen LogP contribution in [0.3, 0.4) is 0 Å². The van der Waals surface area contributed by atoms with Crippen LogP contribution in [0.5, 0.6) is 0 Å². The Morgan fingerprint density at radius 2 is 1.44 bits per heavy atom. The first-order valence-corrected chi connectivity index (χ1v) is 12.2. The zero-order valence-electron chi connectivity index (χ0n) is 18.2. The first-order valence-electron chi connectivity index (χ1n) is 12.2. The van der Waals surface area contributed by atoms with Gasteiger partial charge in [0, 0.05) is 0 Å². The third-order valence-corrected chi connectivity index (χ3v) is 9.08. The van der Waals surface area contributed by atoms with E-state index in [1.807, 2.05) is 0 Å². The Labute approximate surface area is 167 Å². The standard InChI is InChI=1S/C25H44O2/c1-4-5-6-7-19-8-10-20(11-9-19)21-12-14-22(15-13-21)25(3,24(26)27)23-16-18(2)17-23/h18-23H,4-17H2,1-3H3,(H,26,27). The van der Waals surface area contributed by atoms with Crippen molar-refractivity contribution >= 4 is 5.97 Å². The van der Waals surface area contributed by atoms with E-state index in [2.05, 4.69) is 20.8 Å². The smallest absolute Gasteiger partial charge is 0.309 e. The van der Waals surface area contributed by atoms with Gasteiger partial charge in [-0.25, -0.2) is 0 Å². The Balaban J connectivity index is 1.45. The van der Waals surface area contributed by atoms with Crippen molar-refractivity contribution in [3.8, 4) is 0 Å². The molecule has 2 heteroatoms. The zero-order valence-corrected chi connectivity index (χ0v) is 18.2. The van der Waals surface area contributed by atoms with Crippen molar-refractivity contribution in [1.29, 1.82) is 0 Å². The van der Waals surface area contributed by atoms with Gasteiger partial charge >= 0.3 is 5.97 Å². The molecule has 0 bridgehead atoms. The normalized spacial score (nSPS) is 39.4. The minimum atomic E-state index is -0.518. The maximum Gasteiger partial charge on any atom is 0.309 e. The molecule has 3 aliphatic carbocycles. The van der Waals surface area contributed by atoms with Gasteiger partial charge in [-0.05, 0) is 93.8 Å². The van der Waals surface area contributed by atoms with Gasteiger partial charge in [-0.2, -0.15) is 0 Å². The van der Waals surface area contributed by atoms with Crippen molar-refractivity contribution in [2.75, 3.05) is 0 Å². The van der Waals surface area contributed by atoms with Gasteiger partial charge in [-0.1, -0.05) is 52.4 Å². The van der Waals surface area contributed by atoms with E-state index in [0.29, 0.717) is 11.8 Å². The molecule has 3 rings (SSSR count). The first-order chi connectivity index (χ1) is 12.9. The minimum absolute atomic E-state index is 0.411. The van der Waals surface area contributed by atoms with Crippen LogP contribution in [0, 0.1) is 40.9 Å². The van der Waals surface area contributed by atoms with Gasteiger partial charge in [0.25, 0.3) is 0 Å².